The number of hydrogen-bond acceptors (Lipinski definition) is 5. The van der Waals surface area contributed by atoms with Gasteiger partial charge in [-0.3, -0.25) is 0 Å². The van der Waals surface area contributed by atoms with E-state index in [1.54, 1.807) is 0 Å². The summed E-state index contributed by atoms with van der Waals surface area (Å²) in [5.41, 5.74) is 0.939. The number of aliphatic hydroxyl groups excluding tert-OH is 1. The molecule has 0 saturated carbocycles. The largest absolute Gasteiger partial charge is 0.396 e. The van der Waals surface area contributed by atoms with Crippen LogP contribution >= 0.6 is 0 Å². The number of fused-ring (bicyclic) bond motifs is 1. The van der Waals surface area contributed by atoms with Gasteiger partial charge in [0.25, 0.3) is 0 Å². The number of aromatic nitrogens is 2. The molecule has 3 N–H and O–H groups in total. The number of benzene rings is 1. The number of anilines is 2. The van der Waals surface area contributed by atoms with Crippen LogP contribution in [0.1, 0.15) is 25.7 Å². The van der Waals surface area contributed by atoms with Crippen molar-refractivity contribution in [1.29, 1.82) is 0 Å². The van der Waals surface area contributed by atoms with Crippen LogP contribution in [-0.2, 0) is 0 Å². The fourth-order valence-corrected chi connectivity index (χ4v) is 2.12. The van der Waals surface area contributed by atoms with Gasteiger partial charge in [0.2, 0.25) is 5.95 Å². The third-order valence-corrected chi connectivity index (χ3v) is 3.20. The maximum Gasteiger partial charge on any atom is 0.224 e. The van der Waals surface area contributed by atoms with E-state index in [-0.39, 0.29) is 6.61 Å². The first-order valence-corrected chi connectivity index (χ1v) is 7.14. The third-order valence-electron chi connectivity index (χ3n) is 3.20. The van der Waals surface area contributed by atoms with Gasteiger partial charge in [0.05, 0.1) is 5.52 Å². The Morgan fingerprint density at radius 2 is 1.85 bits per heavy atom. The molecule has 0 bridgehead atoms. The zero-order valence-corrected chi connectivity index (χ0v) is 11.9. The summed E-state index contributed by atoms with van der Waals surface area (Å²) in [6, 6.07) is 8.00. The van der Waals surface area contributed by atoms with Crippen LogP contribution in [0.25, 0.3) is 10.9 Å². The van der Waals surface area contributed by atoms with Crippen molar-refractivity contribution in [3.63, 3.8) is 0 Å². The number of rotatable bonds is 8. The highest BCUT2D eigenvalue weighted by atomic mass is 16.2. The monoisotopic (exact) mass is 274 g/mol. The predicted molar refractivity (Wildman–Crippen MR) is 83.1 cm³/mol. The highest BCUT2D eigenvalue weighted by molar-refractivity contribution is 5.89. The lowest BCUT2D eigenvalue weighted by Crippen LogP contribution is -2.07. The fourth-order valence-electron chi connectivity index (χ4n) is 2.12. The van der Waals surface area contributed by atoms with Gasteiger partial charge in [-0.15, -0.1) is 0 Å². The van der Waals surface area contributed by atoms with E-state index in [4.69, 9.17) is 5.11 Å². The average molecular weight is 274 g/mol. The molecule has 0 spiro atoms. The van der Waals surface area contributed by atoms with Crippen molar-refractivity contribution in [1.82, 2.24) is 9.97 Å². The molecule has 0 radical (unpaired) electrons. The summed E-state index contributed by atoms with van der Waals surface area (Å²) >= 11 is 0. The smallest absolute Gasteiger partial charge is 0.224 e. The number of para-hydroxylation sites is 1. The first-order chi connectivity index (χ1) is 9.85. The van der Waals surface area contributed by atoms with Crippen LogP contribution in [0.4, 0.5) is 11.8 Å². The van der Waals surface area contributed by atoms with Crippen LogP contribution in [-0.4, -0.2) is 35.3 Å². The number of nitrogens with one attached hydrogen (secondary N) is 2. The van der Waals surface area contributed by atoms with Crippen LogP contribution in [0.3, 0.4) is 0 Å². The van der Waals surface area contributed by atoms with Crippen molar-refractivity contribution >= 4 is 22.7 Å². The Labute approximate surface area is 119 Å². The van der Waals surface area contributed by atoms with Gasteiger partial charge in [-0.1, -0.05) is 25.0 Å². The lowest BCUT2D eigenvalue weighted by Gasteiger charge is -2.10. The predicted octanol–water partition coefficient (Wildman–Crippen LogP) is 2.64. The van der Waals surface area contributed by atoms with Gasteiger partial charge < -0.3 is 15.7 Å². The molecule has 1 heterocycles. The second-order valence-corrected chi connectivity index (χ2v) is 4.73. The molecular formula is C15H22N4O. The van der Waals surface area contributed by atoms with Gasteiger partial charge in [0.15, 0.2) is 0 Å². The second-order valence-electron chi connectivity index (χ2n) is 4.73. The first kappa shape index (κ1) is 14.5. The number of hydrogen-bond donors (Lipinski definition) is 3. The molecule has 1 aromatic carbocycles. The lowest BCUT2D eigenvalue weighted by molar-refractivity contribution is 0.283. The van der Waals surface area contributed by atoms with E-state index < -0.39 is 0 Å². The highest BCUT2D eigenvalue weighted by Crippen LogP contribution is 2.21. The van der Waals surface area contributed by atoms with Crippen molar-refractivity contribution in [2.75, 3.05) is 30.8 Å². The summed E-state index contributed by atoms with van der Waals surface area (Å²) in [5.74, 6) is 1.51. The minimum atomic E-state index is 0.287. The number of aliphatic hydroxyl groups is 1. The van der Waals surface area contributed by atoms with E-state index in [2.05, 4.69) is 20.6 Å². The molecule has 108 valence electrons. The molecule has 0 aliphatic heterocycles. The minimum Gasteiger partial charge on any atom is -0.396 e. The SMILES string of the molecule is CNc1nc(NCCCCCCO)c2ccccc2n1. The number of unbranched alkanes of at least 4 members (excludes halogenated alkanes) is 3. The number of nitrogens with zero attached hydrogens (tertiary/aromatic N) is 2. The Morgan fingerprint density at radius 1 is 1.05 bits per heavy atom. The van der Waals surface area contributed by atoms with Crippen LogP contribution in [0.2, 0.25) is 0 Å². The molecule has 0 atom stereocenters. The molecule has 0 unspecified atom stereocenters. The molecular weight excluding hydrogens is 252 g/mol. The highest BCUT2D eigenvalue weighted by Gasteiger charge is 2.05. The summed E-state index contributed by atoms with van der Waals surface area (Å²) < 4.78 is 0. The summed E-state index contributed by atoms with van der Waals surface area (Å²) in [6.45, 7) is 1.17. The van der Waals surface area contributed by atoms with Gasteiger partial charge in [0.1, 0.15) is 5.82 Å². The molecule has 0 aliphatic rings. The summed E-state index contributed by atoms with van der Waals surface area (Å²) in [4.78, 5) is 8.91. The molecule has 2 rings (SSSR count). The molecule has 0 amide bonds. The topological polar surface area (TPSA) is 70.1 Å². The van der Waals surface area contributed by atoms with Crippen LogP contribution < -0.4 is 10.6 Å². The molecule has 0 fully saturated rings. The molecule has 20 heavy (non-hydrogen) atoms. The standard InChI is InChI=1S/C15H22N4O/c1-16-15-18-13-9-5-4-8-12(13)14(19-15)17-10-6-2-3-7-11-20/h4-5,8-9,20H,2-3,6-7,10-11H2,1H3,(H2,16,17,18,19). The molecule has 0 aliphatic carbocycles. The normalized spacial score (nSPS) is 10.7. The lowest BCUT2D eigenvalue weighted by atomic mass is 10.2. The van der Waals surface area contributed by atoms with E-state index in [0.717, 1.165) is 48.9 Å². The Bertz CT molecular complexity index is 544. The van der Waals surface area contributed by atoms with Crippen LogP contribution in [0.15, 0.2) is 24.3 Å². The maximum atomic E-state index is 8.74. The average Bonchev–Trinajstić information content (AvgIpc) is 2.50. The Hall–Kier alpha value is -1.88. The zero-order chi connectivity index (χ0) is 14.2. The van der Waals surface area contributed by atoms with E-state index >= 15 is 0 Å². The molecule has 5 heteroatoms. The summed E-state index contributed by atoms with van der Waals surface area (Å²) in [7, 11) is 1.82. The van der Waals surface area contributed by atoms with Crippen LogP contribution in [0, 0.1) is 0 Å². The van der Waals surface area contributed by atoms with E-state index in [0.29, 0.717) is 5.95 Å². The van der Waals surface area contributed by atoms with Crippen molar-refractivity contribution < 1.29 is 5.11 Å². The maximum absolute atomic E-state index is 8.74. The van der Waals surface area contributed by atoms with Gasteiger partial charge >= 0.3 is 0 Å². The third kappa shape index (κ3) is 3.81. The van der Waals surface area contributed by atoms with E-state index in [1.807, 2.05) is 31.3 Å². The zero-order valence-electron chi connectivity index (χ0n) is 11.9. The van der Waals surface area contributed by atoms with Crippen molar-refractivity contribution in [2.24, 2.45) is 0 Å². The molecule has 5 nitrogen and oxygen atoms in total. The molecule has 2 aromatic rings. The Morgan fingerprint density at radius 3 is 2.65 bits per heavy atom. The van der Waals surface area contributed by atoms with E-state index in [9.17, 15) is 0 Å². The van der Waals surface area contributed by atoms with Crippen molar-refractivity contribution in [3.05, 3.63) is 24.3 Å². The van der Waals surface area contributed by atoms with Gasteiger partial charge in [-0.05, 0) is 25.0 Å². The van der Waals surface area contributed by atoms with Crippen molar-refractivity contribution in [3.8, 4) is 0 Å². The second kappa shape index (κ2) is 7.65. The van der Waals surface area contributed by atoms with Crippen LogP contribution in [0.5, 0.6) is 0 Å². The molecule has 0 saturated heterocycles. The van der Waals surface area contributed by atoms with Crippen molar-refractivity contribution in [2.45, 2.75) is 25.7 Å². The van der Waals surface area contributed by atoms with E-state index in [1.165, 1.54) is 0 Å². The van der Waals surface area contributed by atoms with Gasteiger partial charge in [0, 0.05) is 25.6 Å². The minimum absolute atomic E-state index is 0.287. The quantitative estimate of drug-likeness (QED) is 0.646. The Kier molecular flexibility index (Phi) is 5.55. The summed E-state index contributed by atoms with van der Waals surface area (Å²) in [6.07, 6.45) is 4.16. The van der Waals surface area contributed by atoms with Gasteiger partial charge in [-0.2, -0.15) is 4.98 Å². The Balaban J connectivity index is 2.01. The first-order valence-electron chi connectivity index (χ1n) is 7.14. The van der Waals surface area contributed by atoms with Gasteiger partial charge in [-0.25, -0.2) is 4.98 Å². The fraction of sp³-hybridized carbons (Fsp3) is 0.467. The molecule has 1 aromatic heterocycles. The summed E-state index contributed by atoms with van der Waals surface area (Å²) in [5, 5.41) is 16.2.